The second-order valence-corrected chi connectivity index (χ2v) is 10.00. The summed E-state index contributed by atoms with van der Waals surface area (Å²) in [6.45, 7) is 13.7. The molecule has 1 unspecified atom stereocenters. The smallest absolute Gasteiger partial charge is 0.252 e. The topological polar surface area (TPSA) is 92.8 Å². The first-order valence-electron chi connectivity index (χ1n) is 12.4. The zero-order valence-corrected chi connectivity index (χ0v) is 21.6. The van der Waals surface area contributed by atoms with E-state index in [1.54, 1.807) is 6.26 Å². The quantitative estimate of drug-likeness (QED) is 0.329. The van der Waals surface area contributed by atoms with E-state index in [0.717, 1.165) is 52.9 Å². The van der Waals surface area contributed by atoms with E-state index in [9.17, 15) is 4.79 Å². The number of aryl methyl sites for hydroxylation is 2. The Hall–Kier alpha value is -3.26. The normalized spacial score (nSPS) is 13.1. The summed E-state index contributed by atoms with van der Waals surface area (Å²) in [6.07, 6.45) is 4.38. The molecule has 8 heteroatoms. The Kier molecular flexibility index (Phi) is 7.21. The Bertz CT molecular complexity index is 1340. The third kappa shape index (κ3) is 5.07. The highest BCUT2D eigenvalue weighted by Crippen LogP contribution is 2.31. The molecule has 35 heavy (non-hydrogen) atoms. The van der Waals surface area contributed by atoms with Crippen molar-refractivity contribution in [1.29, 1.82) is 0 Å². The summed E-state index contributed by atoms with van der Waals surface area (Å²) in [4.78, 5) is 18.6. The summed E-state index contributed by atoms with van der Waals surface area (Å²) in [5.41, 5.74) is 3.57. The number of tetrazole rings is 1. The van der Waals surface area contributed by atoms with Gasteiger partial charge in [0.05, 0.1) is 29.9 Å². The van der Waals surface area contributed by atoms with Crippen molar-refractivity contribution in [3.8, 4) is 0 Å². The third-order valence-corrected chi connectivity index (χ3v) is 7.17. The molecule has 1 aromatic carbocycles. The molecule has 3 heterocycles. The SMILES string of the molecule is CCCC(c1nnnn1C(C)(C)CC)N(Cc1ccco1)Cc1cc2ccc(C)c(C)c2[nH]c1=O. The van der Waals surface area contributed by atoms with E-state index in [-0.39, 0.29) is 17.1 Å². The number of furan rings is 1. The van der Waals surface area contributed by atoms with Crippen molar-refractivity contribution in [2.24, 2.45) is 0 Å². The minimum atomic E-state index is -0.225. The molecule has 1 atom stereocenters. The number of aromatic nitrogens is 5. The van der Waals surface area contributed by atoms with Gasteiger partial charge in [-0.2, -0.15) is 0 Å². The van der Waals surface area contributed by atoms with Gasteiger partial charge < -0.3 is 9.40 Å². The van der Waals surface area contributed by atoms with Gasteiger partial charge in [0.1, 0.15) is 5.76 Å². The third-order valence-electron chi connectivity index (χ3n) is 7.17. The first-order valence-corrected chi connectivity index (χ1v) is 12.4. The number of fused-ring (bicyclic) bond motifs is 1. The van der Waals surface area contributed by atoms with E-state index in [4.69, 9.17) is 4.42 Å². The first kappa shape index (κ1) is 24.9. The molecule has 0 amide bonds. The number of pyridine rings is 1. The molecular weight excluding hydrogens is 440 g/mol. The molecule has 1 N–H and O–H groups in total. The Morgan fingerprint density at radius 3 is 2.66 bits per heavy atom. The molecule has 0 saturated carbocycles. The van der Waals surface area contributed by atoms with Gasteiger partial charge in [0.2, 0.25) is 0 Å². The number of nitrogens with zero attached hydrogens (tertiary/aromatic N) is 5. The minimum absolute atomic E-state index is 0.0700. The van der Waals surface area contributed by atoms with Crippen LogP contribution in [0.2, 0.25) is 0 Å². The Morgan fingerprint density at radius 1 is 1.17 bits per heavy atom. The van der Waals surface area contributed by atoms with Crippen LogP contribution in [0.3, 0.4) is 0 Å². The zero-order chi connectivity index (χ0) is 25.2. The molecule has 0 fully saturated rings. The van der Waals surface area contributed by atoms with Crippen molar-refractivity contribution >= 4 is 10.9 Å². The van der Waals surface area contributed by atoms with E-state index in [1.807, 2.05) is 29.8 Å². The van der Waals surface area contributed by atoms with Gasteiger partial charge in [-0.1, -0.05) is 32.4 Å². The average molecular weight is 477 g/mol. The first-order chi connectivity index (χ1) is 16.7. The molecular formula is C27H36N6O2. The maximum atomic E-state index is 13.2. The van der Waals surface area contributed by atoms with Gasteiger partial charge in [-0.15, -0.1) is 5.10 Å². The van der Waals surface area contributed by atoms with Gasteiger partial charge in [-0.25, -0.2) is 4.68 Å². The molecule has 0 aliphatic carbocycles. The largest absolute Gasteiger partial charge is 0.468 e. The molecule has 0 bridgehead atoms. The van der Waals surface area contributed by atoms with Crippen LogP contribution in [0.15, 0.2) is 45.8 Å². The van der Waals surface area contributed by atoms with Crippen molar-refractivity contribution in [3.05, 3.63) is 75.2 Å². The molecule has 0 aliphatic heterocycles. The monoisotopic (exact) mass is 476 g/mol. The fourth-order valence-corrected chi connectivity index (χ4v) is 4.52. The van der Waals surface area contributed by atoms with Gasteiger partial charge in [0, 0.05) is 12.1 Å². The molecule has 3 aromatic heterocycles. The lowest BCUT2D eigenvalue weighted by atomic mass is 10.0. The zero-order valence-electron chi connectivity index (χ0n) is 21.6. The molecule has 0 saturated heterocycles. The van der Waals surface area contributed by atoms with E-state index < -0.39 is 0 Å². The number of nitrogens with one attached hydrogen (secondary N) is 1. The summed E-state index contributed by atoms with van der Waals surface area (Å²) in [7, 11) is 0. The number of hydrogen-bond donors (Lipinski definition) is 1. The van der Waals surface area contributed by atoms with Gasteiger partial charge in [-0.05, 0) is 85.7 Å². The molecule has 0 spiro atoms. The van der Waals surface area contributed by atoms with Crippen molar-refractivity contribution < 1.29 is 4.42 Å². The van der Waals surface area contributed by atoms with Gasteiger partial charge >= 0.3 is 0 Å². The predicted molar refractivity (Wildman–Crippen MR) is 137 cm³/mol. The number of H-pyrrole nitrogens is 1. The molecule has 0 aliphatic rings. The van der Waals surface area contributed by atoms with Crippen LogP contribution in [-0.2, 0) is 18.6 Å². The van der Waals surface area contributed by atoms with Gasteiger partial charge in [0.15, 0.2) is 5.82 Å². The van der Waals surface area contributed by atoms with Gasteiger partial charge in [-0.3, -0.25) is 9.69 Å². The van der Waals surface area contributed by atoms with Gasteiger partial charge in [0.25, 0.3) is 5.56 Å². The van der Waals surface area contributed by atoms with Crippen LogP contribution in [0.4, 0.5) is 0 Å². The number of hydrogen-bond acceptors (Lipinski definition) is 6. The van der Waals surface area contributed by atoms with Crippen LogP contribution in [-0.4, -0.2) is 30.1 Å². The summed E-state index contributed by atoms with van der Waals surface area (Å²) in [5, 5.41) is 13.9. The summed E-state index contributed by atoms with van der Waals surface area (Å²) >= 11 is 0. The lowest BCUT2D eigenvalue weighted by Crippen LogP contribution is -2.36. The molecule has 186 valence electrons. The van der Waals surface area contributed by atoms with Crippen LogP contribution >= 0.6 is 0 Å². The van der Waals surface area contributed by atoms with Crippen molar-refractivity contribution in [2.45, 2.75) is 85.5 Å². The molecule has 4 aromatic rings. The number of benzene rings is 1. The fraction of sp³-hybridized carbons (Fsp3) is 0.481. The predicted octanol–water partition coefficient (Wildman–Crippen LogP) is 5.41. The second-order valence-electron chi connectivity index (χ2n) is 10.00. The van der Waals surface area contributed by atoms with Crippen LogP contribution in [0.25, 0.3) is 10.9 Å². The Labute approximate surface area is 206 Å². The number of aromatic amines is 1. The van der Waals surface area contributed by atoms with Crippen molar-refractivity contribution in [3.63, 3.8) is 0 Å². The van der Waals surface area contributed by atoms with E-state index >= 15 is 0 Å². The minimum Gasteiger partial charge on any atom is -0.468 e. The van der Waals surface area contributed by atoms with Crippen LogP contribution in [0.1, 0.15) is 81.3 Å². The molecule has 8 nitrogen and oxygen atoms in total. The lowest BCUT2D eigenvalue weighted by Gasteiger charge is -2.33. The Morgan fingerprint density at radius 2 is 1.97 bits per heavy atom. The van der Waals surface area contributed by atoms with Crippen molar-refractivity contribution in [2.75, 3.05) is 0 Å². The highest BCUT2D eigenvalue weighted by Gasteiger charge is 2.32. The van der Waals surface area contributed by atoms with Crippen LogP contribution < -0.4 is 5.56 Å². The Balaban J connectivity index is 1.79. The van der Waals surface area contributed by atoms with Crippen LogP contribution in [0.5, 0.6) is 0 Å². The standard InChI is InChI=1S/C27H36N6O2/c1-7-10-23(25-29-30-31-33(25)27(5,6)8-2)32(17-22-11-9-14-35-22)16-21-15-20-13-12-18(3)19(4)24(20)28-26(21)34/h9,11-15,23H,7-8,10,16-17H2,1-6H3,(H,28,34). The summed E-state index contributed by atoms with van der Waals surface area (Å²) in [6, 6.07) is 9.95. The molecule has 0 radical (unpaired) electrons. The fourth-order valence-electron chi connectivity index (χ4n) is 4.52. The van der Waals surface area contributed by atoms with E-state index in [0.29, 0.717) is 18.7 Å². The maximum Gasteiger partial charge on any atom is 0.252 e. The number of rotatable bonds is 10. The average Bonchev–Trinajstić information content (AvgIpc) is 3.53. The second kappa shape index (κ2) is 10.2. The van der Waals surface area contributed by atoms with E-state index in [2.05, 4.69) is 72.2 Å². The summed E-state index contributed by atoms with van der Waals surface area (Å²) in [5.74, 6) is 1.65. The van der Waals surface area contributed by atoms with Crippen LogP contribution in [0, 0.1) is 13.8 Å². The van der Waals surface area contributed by atoms with E-state index in [1.165, 1.54) is 0 Å². The maximum absolute atomic E-state index is 13.2. The highest BCUT2D eigenvalue weighted by atomic mass is 16.3. The summed E-state index contributed by atoms with van der Waals surface area (Å²) < 4.78 is 7.65. The molecule has 4 rings (SSSR count). The highest BCUT2D eigenvalue weighted by molar-refractivity contribution is 5.83. The van der Waals surface area contributed by atoms with Crippen molar-refractivity contribution in [1.82, 2.24) is 30.1 Å². The lowest BCUT2D eigenvalue weighted by molar-refractivity contribution is 0.135.